The molecule has 10 heteroatoms. The first-order valence-electron chi connectivity index (χ1n) is 11.7. The molecule has 0 saturated carbocycles. The van der Waals surface area contributed by atoms with E-state index in [0.29, 0.717) is 11.1 Å². The van der Waals surface area contributed by atoms with Crippen molar-refractivity contribution in [2.24, 2.45) is 17.6 Å². The Morgan fingerprint density at radius 1 is 1.08 bits per heavy atom. The Hall–Kier alpha value is -4.02. The molecule has 0 saturated heterocycles. The van der Waals surface area contributed by atoms with Crippen LogP contribution in [0.5, 0.6) is 5.75 Å². The van der Waals surface area contributed by atoms with Crippen LogP contribution in [0.3, 0.4) is 0 Å². The number of phenols is 1. The van der Waals surface area contributed by atoms with Gasteiger partial charge in [0.15, 0.2) is 11.4 Å². The number of nitrogens with two attached hydrogens (primary N) is 1. The predicted molar refractivity (Wildman–Crippen MR) is 129 cm³/mol. The molecule has 1 amide bonds. The van der Waals surface area contributed by atoms with E-state index in [0.717, 1.165) is 0 Å². The van der Waals surface area contributed by atoms with Gasteiger partial charge in [0, 0.05) is 17.1 Å². The average molecular weight is 509 g/mol. The molecule has 4 atom stereocenters. The van der Waals surface area contributed by atoms with E-state index in [9.17, 15) is 39.2 Å². The average Bonchev–Trinajstić information content (AvgIpc) is 2.82. The van der Waals surface area contributed by atoms with Gasteiger partial charge in [0.2, 0.25) is 5.78 Å². The van der Waals surface area contributed by atoms with Crippen molar-refractivity contribution in [2.45, 2.75) is 24.5 Å². The summed E-state index contributed by atoms with van der Waals surface area (Å²) in [5.41, 5.74) is 2.31. The third kappa shape index (κ3) is 3.25. The molecule has 2 aromatic rings. The number of benzene rings is 2. The van der Waals surface area contributed by atoms with Crippen LogP contribution in [0.25, 0.3) is 11.1 Å². The fourth-order valence-corrected chi connectivity index (χ4v) is 6.18. The van der Waals surface area contributed by atoms with Crippen molar-refractivity contribution >= 4 is 17.5 Å². The number of aromatic hydroxyl groups is 1. The molecule has 192 valence electrons. The van der Waals surface area contributed by atoms with E-state index in [2.05, 4.69) is 0 Å². The van der Waals surface area contributed by atoms with Crippen LogP contribution >= 0.6 is 0 Å². The number of hydrogen-bond donors (Lipinski definition) is 5. The van der Waals surface area contributed by atoms with Gasteiger partial charge in [-0.2, -0.15) is 0 Å². The molecule has 3 aliphatic rings. The Labute approximate surface area is 210 Å². The van der Waals surface area contributed by atoms with Crippen LogP contribution in [0, 0.1) is 17.7 Å². The Morgan fingerprint density at radius 3 is 2.38 bits per heavy atom. The van der Waals surface area contributed by atoms with E-state index >= 15 is 0 Å². The Kier molecular flexibility index (Phi) is 5.50. The smallest absolute Gasteiger partial charge is 0.255 e. The van der Waals surface area contributed by atoms with Crippen LogP contribution in [0.15, 0.2) is 59.1 Å². The van der Waals surface area contributed by atoms with Crippen LogP contribution in [-0.4, -0.2) is 68.5 Å². The first kappa shape index (κ1) is 24.7. The number of ketones is 2. The number of nitrogens with zero attached hydrogens (tertiary/aromatic N) is 1. The van der Waals surface area contributed by atoms with Gasteiger partial charge in [-0.25, -0.2) is 4.39 Å². The first-order chi connectivity index (χ1) is 17.4. The highest BCUT2D eigenvalue weighted by molar-refractivity contribution is 6.24. The number of halogens is 1. The van der Waals surface area contributed by atoms with Crippen LogP contribution in [-0.2, 0) is 16.0 Å². The summed E-state index contributed by atoms with van der Waals surface area (Å²) < 4.78 is 14.7. The maximum Gasteiger partial charge on any atom is 0.255 e. The highest BCUT2D eigenvalue weighted by atomic mass is 19.1. The summed E-state index contributed by atoms with van der Waals surface area (Å²) >= 11 is 0. The largest absolute Gasteiger partial charge is 0.510 e. The van der Waals surface area contributed by atoms with E-state index < -0.39 is 69.6 Å². The second-order valence-corrected chi connectivity index (χ2v) is 9.93. The van der Waals surface area contributed by atoms with Crippen molar-refractivity contribution in [1.29, 1.82) is 0 Å². The molecule has 0 unspecified atom stereocenters. The van der Waals surface area contributed by atoms with E-state index in [1.54, 1.807) is 26.2 Å². The summed E-state index contributed by atoms with van der Waals surface area (Å²) in [7, 11) is 3.11. The normalized spacial score (nSPS) is 27.2. The van der Waals surface area contributed by atoms with Crippen LogP contribution in [0.1, 0.15) is 22.3 Å². The van der Waals surface area contributed by atoms with Gasteiger partial charge in [-0.1, -0.05) is 24.3 Å². The van der Waals surface area contributed by atoms with E-state index in [-0.39, 0.29) is 29.5 Å². The van der Waals surface area contributed by atoms with Crippen molar-refractivity contribution in [1.82, 2.24) is 4.90 Å². The number of phenolic OH excluding ortho intramolecular Hbond substituents is 1. The number of likely N-dealkylation sites (N-methyl/N-ethyl adjacent to an activating group) is 1. The number of aliphatic hydroxyl groups excluding tert-OH is 2. The molecule has 0 bridgehead atoms. The van der Waals surface area contributed by atoms with Crippen LogP contribution in [0.4, 0.5) is 4.39 Å². The van der Waals surface area contributed by atoms with E-state index in [1.165, 1.54) is 29.2 Å². The number of rotatable bonds is 3. The van der Waals surface area contributed by atoms with Crippen LogP contribution < -0.4 is 5.73 Å². The third-order valence-electron chi connectivity index (χ3n) is 7.77. The number of hydrogen-bond acceptors (Lipinski definition) is 8. The second kappa shape index (κ2) is 8.25. The summed E-state index contributed by atoms with van der Waals surface area (Å²) in [6, 6.07) is 7.66. The van der Waals surface area contributed by atoms with Crippen molar-refractivity contribution in [3.8, 4) is 16.9 Å². The molecule has 6 N–H and O–H groups in total. The molecular weight excluding hydrogens is 483 g/mol. The molecule has 3 aliphatic carbocycles. The molecule has 37 heavy (non-hydrogen) atoms. The summed E-state index contributed by atoms with van der Waals surface area (Å²) in [6.07, 6.45) is 0.0325. The van der Waals surface area contributed by atoms with Gasteiger partial charge in [0.1, 0.15) is 28.7 Å². The number of carbonyl (C=O) groups is 3. The Balaban J connectivity index is 1.74. The fraction of sp³-hybridized carbons (Fsp3) is 0.296. The van der Waals surface area contributed by atoms with Gasteiger partial charge < -0.3 is 26.2 Å². The lowest BCUT2D eigenvalue weighted by Gasteiger charge is -2.50. The fourth-order valence-electron chi connectivity index (χ4n) is 6.18. The van der Waals surface area contributed by atoms with E-state index in [1.807, 2.05) is 0 Å². The van der Waals surface area contributed by atoms with Gasteiger partial charge in [-0.3, -0.25) is 19.3 Å². The summed E-state index contributed by atoms with van der Waals surface area (Å²) in [5.74, 6) is -7.77. The topological polar surface area (TPSA) is 161 Å². The van der Waals surface area contributed by atoms with Crippen molar-refractivity contribution in [3.05, 3.63) is 76.0 Å². The maximum atomic E-state index is 14.7. The van der Waals surface area contributed by atoms with Gasteiger partial charge in [-0.05, 0) is 56.1 Å². The zero-order chi connectivity index (χ0) is 27.0. The minimum absolute atomic E-state index is 0.0435. The third-order valence-corrected chi connectivity index (χ3v) is 7.77. The summed E-state index contributed by atoms with van der Waals surface area (Å²) in [6.45, 7) is 0. The quantitative estimate of drug-likeness (QED) is 0.393. The minimum Gasteiger partial charge on any atom is -0.510 e. The lowest BCUT2D eigenvalue weighted by molar-refractivity contribution is -0.148. The molecule has 0 heterocycles. The standard InChI is InChI=1S/C27H25FN2O7/c1-30(2)21-15-10-11-9-14-12(13-5-3-4-6-16(13)28)7-8-17(31)19(14)22(32)18(11)24(34)27(15,37)25(35)20(23(21)33)26(29)36/h3-8,11,15,21,31,33-34,37H,9-10H2,1-2H3,(H2,29,36)/t11-,15-,21-,27-/m0/s1. The lowest BCUT2D eigenvalue weighted by atomic mass is 9.58. The molecule has 0 fully saturated rings. The molecule has 0 aliphatic heterocycles. The molecule has 2 aromatic carbocycles. The lowest BCUT2D eigenvalue weighted by Crippen LogP contribution is -2.63. The maximum absolute atomic E-state index is 14.7. The number of aliphatic hydroxyl groups is 3. The monoisotopic (exact) mass is 508 g/mol. The summed E-state index contributed by atoms with van der Waals surface area (Å²) in [5, 5.41) is 44.3. The van der Waals surface area contributed by atoms with Crippen LogP contribution in [0.2, 0.25) is 0 Å². The summed E-state index contributed by atoms with van der Waals surface area (Å²) in [4.78, 5) is 40.5. The van der Waals surface area contributed by atoms with Crippen molar-refractivity contribution in [3.63, 3.8) is 0 Å². The zero-order valence-corrected chi connectivity index (χ0v) is 20.0. The SMILES string of the molecule is CN(C)[C@@H]1C(O)=C(C(N)=O)C(=O)[C@@]2(O)C(O)=C3C(=O)c4c(O)ccc(-c5ccccc5F)c4C[C@H]3C[C@@H]12. The van der Waals surface area contributed by atoms with Gasteiger partial charge >= 0.3 is 0 Å². The molecule has 0 spiro atoms. The number of allylic oxidation sites excluding steroid dienone is 1. The second-order valence-electron chi connectivity index (χ2n) is 9.93. The molecular formula is C27H25FN2O7. The van der Waals surface area contributed by atoms with Crippen molar-refractivity contribution in [2.75, 3.05) is 14.1 Å². The zero-order valence-electron chi connectivity index (χ0n) is 20.0. The molecule has 0 radical (unpaired) electrons. The van der Waals surface area contributed by atoms with E-state index in [4.69, 9.17) is 5.73 Å². The number of primary amides is 1. The van der Waals surface area contributed by atoms with Gasteiger partial charge in [0.25, 0.3) is 5.91 Å². The molecule has 5 rings (SSSR count). The first-order valence-corrected chi connectivity index (χ1v) is 11.7. The highest BCUT2D eigenvalue weighted by Gasteiger charge is 2.63. The number of amides is 1. The van der Waals surface area contributed by atoms with Gasteiger partial charge in [0.05, 0.1) is 11.6 Å². The minimum atomic E-state index is -2.71. The highest BCUT2D eigenvalue weighted by Crippen LogP contribution is 2.53. The Bertz CT molecular complexity index is 1460. The number of carbonyl (C=O) groups excluding carboxylic acids is 3. The number of fused-ring (bicyclic) bond motifs is 3. The molecule has 0 aromatic heterocycles. The Morgan fingerprint density at radius 2 is 1.76 bits per heavy atom. The van der Waals surface area contributed by atoms with Crippen molar-refractivity contribution < 1.29 is 39.2 Å². The molecule has 9 nitrogen and oxygen atoms in total. The van der Waals surface area contributed by atoms with Gasteiger partial charge in [-0.15, -0.1) is 0 Å². The predicted octanol–water partition coefficient (Wildman–Crippen LogP) is 1.93. The number of Topliss-reactive ketones (excluding diaryl/α,β-unsaturated/α-hetero) is 2.